The monoisotopic (exact) mass is 343 g/mol. The summed E-state index contributed by atoms with van der Waals surface area (Å²) in [5.74, 6) is 0. The average Bonchev–Trinajstić information content (AvgIpc) is 2.61. The van der Waals surface area contributed by atoms with Gasteiger partial charge in [0, 0.05) is 10.6 Å². The van der Waals surface area contributed by atoms with Crippen LogP contribution in [0.2, 0.25) is 0 Å². The van der Waals surface area contributed by atoms with Gasteiger partial charge in [-0.1, -0.05) is 36.4 Å². The Morgan fingerprint density at radius 2 is 1.33 bits per heavy atom. The number of rotatable bonds is 4. The maximum atomic E-state index is 13.9. The average molecular weight is 343 g/mol. The summed E-state index contributed by atoms with van der Waals surface area (Å²) in [4.78, 5) is 2.37. The summed E-state index contributed by atoms with van der Waals surface area (Å²) >= 11 is 0. The summed E-state index contributed by atoms with van der Waals surface area (Å²) in [7, 11) is -0.888. The number of likely N-dealkylation sites (tertiary alicyclic amines) is 1. The first-order valence-electron chi connectivity index (χ1n) is 8.77. The largest absolute Gasteiger partial charge is 0.319 e. The van der Waals surface area contributed by atoms with Crippen molar-refractivity contribution >= 4 is 18.0 Å². The predicted molar refractivity (Wildman–Crippen MR) is 101 cm³/mol. The highest BCUT2D eigenvalue weighted by Gasteiger charge is 2.32. The fourth-order valence-corrected chi connectivity index (χ4v) is 5.57. The Balaban J connectivity index is 1.87. The molecule has 1 heterocycles. The highest BCUT2D eigenvalue weighted by molar-refractivity contribution is 7.74. The molecular weight excluding hydrogens is 317 g/mol. The molecule has 1 aliphatic rings. The molecule has 0 radical (unpaired) electrons. The number of nitrogens with zero attached hydrogens (tertiary/aromatic N) is 1. The van der Waals surface area contributed by atoms with Gasteiger partial charge in [-0.3, -0.25) is 4.57 Å². The smallest absolute Gasteiger partial charge is 0.261 e. The van der Waals surface area contributed by atoms with Crippen LogP contribution in [0.15, 0.2) is 60.7 Å². The maximum Gasteiger partial charge on any atom is 0.261 e. The van der Waals surface area contributed by atoms with Gasteiger partial charge in [0.1, 0.15) is 0 Å². The van der Waals surface area contributed by atoms with Crippen molar-refractivity contribution in [3.8, 4) is 0 Å². The second kappa shape index (κ2) is 8.11. The van der Waals surface area contributed by atoms with Crippen LogP contribution in [0, 0.1) is 0 Å². The lowest BCUT2D eigenvalue weighted by atomic mass is 10.1. The fourth-order valence-electron chi connectivity index (χ4n) is 3.27. The van der Waals surface area contributed by atoms with E-state index in [0.29, 0.717) is 0 Å². The maximum absolute atomic E-state index is 13.9. The first-order chi connectivity index (χ1) is 11.7. The van der Waals surface area contributed by atoms with E-state index in [0.717, 1.165) is 49.4 Å². The van der Waals surface area contributed by atoms with Crippen molar-refractivity contribution < 1.29 is 9.09 Å². The summed E-state index contributed by atoms with van der Waals surface area (Å²) in [6.07, 6.45) is 4.17. The molecule has 128 valence electrons. The van der Waals surface area contributed by atoms with E-state index in [2.05, 4.69) is 11.9 Å². The molecule has 0 aromatic heterocycles. The van der Waals surface area contributed by atoms with E-state index in [9.17, 15) is 4.57 Å². The quantitative estimate of drug-likeness (QED) is 0.791. The van der Waals surface area contributed by atoms with Crippen molar-refractivity contribution in [2.75, 3.05) is 20.1 Å². The Hall–Kier alpha value is -1.41. The van der Waals surface area contributed by atoms with Gasteiger partial charge in [-0.25, -0.2) is 0 Å². The Morgan fingerprint density at radius 1 is 0.875 bits per heavy atom. The summed E-state index contributed by atoms with van der Waals surface area (Å²) in [6.45, 7) is 2.17. The van der Waals surface area contributed by atoms with Crippen LogP contribution in [0.1, 0.15) is 25.7 Å². The van der Waals surface area contributed by atoms with Gasteiger partial charge in [0.15, 0.2) is 0 Å². The summed E-state index contributed by atoms with van der Waals surface area (Å²) in [6, 6.07) is 19.3. The van der Waals surface area contributed by atoms with Crippen LogP contribution in [0.25, 0.3) is 0 Å². The molecule has 24 heavy (non-hydrogen) atoms. The van der Waals surface area contributed by atoms with Gasteiger partial charge in [0.05, 0.1) is 6.10 Å². The molecule has 0 bridgehead atoms. The predicted octanol–water partition coefficient (Wildman–Crippen LogP) is 3.81. The molecule has 2 aromatic rings. The third-order valence-electron chi connectivity index (χ3n) is 4.62. The minimum Gasteiger partial charge on any atom is -0.319 e. The van der Waals surface area contributed by atoms with E-state index < -0.39 is 7.37 Å². The lowest BCUT2D eigenvalue weighted by Crippen LogP contribution is -2.29. The molecule has 0 amide bonds. The second-order valence-corrected chi connectivity index (χ2v) is 8.88. The summed E-state index contributed by atoms with van der Waals surface area (Å²) < 4.78 is 20.3. The number of hydrogen-bond acceptors (Lipinski definition) is 3. The van der Waals surface area contributed by atoms with E-state index >= 15 is 0 Å². The number of hydrogen-bond donors (Lipinski definition) is 0. The zero-order valence-electron chi connectivity index (χ0n) is 14.3. The first kappa shape index (κ1) is 17.4. The Kier molecular flexibility index (Phi) is 5.89. The molecule has 4 heteroatoms. The van der Waals surface area contributed by atoms with Crippen LogP contribution in [0.5, 0.6) is 0 Å². The van der Waals surface area contributed by atoms with Crippen LogP contribution in [-0.2, 0) is 9.09 Å². The van der Waals surface area contributed by atoms with Gasteiger partial charge in [-0.05, 0) is 70.1 Å². The molecule has 3 rings (SSSR count). The van der Waals surface area contributed by atoms with E-state index in [4.69, 9.17) is 4.52 Å². The molecule has 2 aromatic carbocycles. The van der Waals surface area contributed by atoms with E-state index in [1.807, 2.05) is 60.7 Å². The molecule has 1 aliphatic heterocycles. The third-order valence-corrected chi connectivity index (χ3v) is 7.17. The minimum atomic E-state index is -3.05. The van der Waals surface area contributed by atoms with Gasteiger partial charge < -0.3 is 9.42 Å². The molecule has 1 fully saturated rings. The van der Waals surface area contributed by atoms with Gasteiger partial charge in [0.25, 0.3) is 7.37 Å². The van der Waals surface area contributed by atoms with Crippen LogP contribution < -0.4 is 10.6 Å². The third kappa shape index (κ3) is 4.16. The molecule has 0 N–H and O–H groups in total. The molecule has 0 saturated carbocycles. The van der Waals surface area contributed by atoms with Gasteiger partial charge >= 0.3 is 0 Å². The molecular formula is C20H26NO2P. The van der Waals surface area contributed by atoms with Crippen LogP contribution in [0.4, 0.5) is 0 Å². The normalized spacial score (nSPS) is 18.0. The molecule has 3 nitrogen and oxygen atoms in total. The molecule has 0 atom stereocenters. The Labute approximate surface area is 145 Å². The Bertz CT molecular complexity index is 621. The van der Waals surface area contributed by atoms with Crippen LogP contribution >= 0.6 is 7.37 Å². The summed E-state index contributed by atoms with van der Waals surface area (Å²) in [5, 5.41) is 1.57. The van der Waals surface area contributed by atoms with Crippen molar-refractivity contribution in [1.82, 2.24) is 4.90 Å². The summed E-state index contributed by atoms with van der Waals surface area (Å²) in [5.41, 5.74) is 0. The van der Waals surface area contributed by atoms with Crippen molar-refractivity contribution in [3.63, 3.8) is 0 Å². The molecule has 1 saturated heterocycles. The zero-order valence-corrected chi connectivity index (χ0v) is 15.2. The molecule has 0 aliphatic carbocycles. The fraction of sp³-hybridized carbons (Fsp3) is 0.400. The van der Waals surface area contributed by atoms with Crippen molar-refractivity contribution in [3.05, 3.63) is 60.7 Å². The van der Waals surface area contributed by atoms with Crippen LogP contribution in [-0.4, -0.2) is 31.1 Å². The highest BCUT2D eigenvalue weighted by Crippen LogP contribution is 2.47. The van der Waals surface area contributed by atoms with Crippen molar-refractivity contribution in [2.24, 2.45) is 0 Å². The van der Waals surface area contributed by atoms with Gasteiger partial charge in [0.2, 0.25) is 0 Å². The lowest BCUT2D eigenvalue weighted by molar-refractivity contribution is 0.156. The lowest BCUT2D eigenvalue weighted by Gasteiger charge is -2.29. The van der Waals surface area contributed by atoms with Gasteiger partial charge in [-0.2, -0.15) is 0 Å². The van der Waals surface area contributed by atoms with Crippen molar-refractivity contribution in [2.45, 2.75) is 31.8 Å². The standard InChI is InChI=1S/C20H26NO2P/c1-21-16-8-10-18(11-9-17-21)23-24(22,19-12-4-2-5-13-19)20-14-6-3-7-15-20/h2-7,12-15,18H,8-11,16-17H2,1H3. The van der Waals surface area contributed by atoms with E-state index in [-0.39, 0.29) is 6.10 Å². The topological polar surface area (TPSA) is 29.5 Å². The van der Waals surface area contributed by atoms with E-state index in [1.165, 1.54) is 0 Å². The second-order valence-electron chi connectivity index (χ2n) is 6.54. The first-order valence-corrected chi connectivity index (χ1v) is 10.4. The SMILES string of the molecule is CN1CCCC(OP(=O)(c2ccccc2)c2ccccc2)CCC1. The molecule has 0 spiro atoms. The van der Waals surface area contributed by atoms with E-state index in [1.54, 1.807) is 0 Å². The van der Waals surface area contributed by atoms with Crippen molar-refractivity contribution in [1.29, 1.82) is 0 Å². The Morgan fingerprint density at radius 3 is 1.79 bits per heavy atom. The van der Waals surface area contributed by atoms with Crippen LogP contribution in [0.3, 0.4) is 0 Å². The minimum absolute atomic E-state index is 0.0601. The molecule has 0 unspecified atom stereocenters. The van der Waals surface area contributed by atoms with Gasteiger partial charge in [-0.15, -0.1) is 0 Å². The zero-order chi connectivity index (χ0) is 16.8. The highest BCUT2D eigenvalue weighted by atomic mass is 31.2. The number of benzene rings is 2.